The van der Waals surface area contributed by atoms with E-state index in [1.807, 2.05) is 6.07 Å². The van der Waals surface area contributed by atoms with Crippen LogP contribution < -0.4 is 0 Å². The van der Waals surface area contributed by atoms with E-state index in [2.05, 4.69) is 29.8 Å². The summed E-state index contributed by atoms with van der Waals surface area (Å²) in [5, 5.41) is 0. The highest BCUT2D eigenvalue weighted by Crippen LogP contribution is 2.29. The predicted octanol–water partition coefficient (Wildman–Crippen LogP) is 6.37. The van der Waals surface area contributed by atoms with Crippen LogP contribution in [-0.4, -0.2) is 12.6 Å². The van der Waals surface area contributed by atoms with E-state index in [9.17, 15) is 4.79 Å². The molecular weight excluding hydrogens is 348 g/mol. The van der Waals surface area contributed by atoms with E-state index in [1.165, 1.54) is 25.7 Å². The summed E-state index contributed by atoms with van der Waals surface area (Å²) in [7, 11) is 0. The van der Waals surface area contributed by atoms with Crippen LogP contribution in [0.25, 0.3) is 0 Å². The average Bonchev–Trinajstić information content (AvgIpc) is 2.85. The van der Waals surface area contributed by atoms with Gasteiger partial charge in [-0.05, 0) is 41.3 Å². The second kappa shape index (κ2) is 11.2. The Balaban J connectivity index is 2.31. The lowest BCUT2D eigenvalue weighted by Crippen LogP contribution is -2.07. The molecule has 21 heavy (non-hydrogen) atoms. The average molecular weight is 375 g/mol. The van der Waals surface area contributed by atoms with Crippen molar-refractivity contribution in [1.29, 1.82) is 0 Å². The lowest BCUT2D eigenvalue weighted by Gasteiger charge is -2.05. The minimum atomic E-state index is -0.156. The van der Waals surface area contributed by atoms with E-state index < -0.39 is 0 Å². The molecule has 0 aliphatic carbocycles. The van der Waals surface area contributed by atoms with E-state index in [0.717, 1.165) is 46.3 Å². The molecule has 0 N–H and O–H groups in total. The summed E-state index contributed by atoms with van der Waals surface area (Å²) in [6.45, 7) is 4.93. The van der Waals surface area contributed by atoms with Gasteiger partial charge in [-0.1, -0.05) is 52.4 Å². The molecule has 1 rings (SSSR count). The van der Waals surface area contributed by atoms with Crippen LogP contribution >= 0.6 is 27.3 Å². The Morgan fingerprint density at radius 3 is 2.48 bits per heavy atom. The van der Waals surface area contributed by atoms with Gasteiger partial charge < -0.3 is 4.74 Å². The van der Waals surface area contributed by atoms with Crippen LogP contribution in [0.2, 0.25) is 0 Å². The van der Waals surface area contributed by atoms with Gasteiger partial charge in [-0.3, -0.25) is 0 Å². The third kappa shape index (κ3) is 7.46. The molecule has 0 unspecified atom stereocenters. The highest BCUT2D eigenvalue weighted by molar-refractivity contribution is 9.11. The summed E-state index contributed by atoms with van der Waals surface area (Å²) in [6, 6.07) is 1.90. The van der Waals surface area contributed by atoms with Gasteiger partial charge in [0, 0.05) is 4.88 Å². The Kier molecular flexibility index (Phi) is 10.0. The number of hydrogen-bond acceptors (Lipinski definition) is 3. The Labute approximate surface area is 141 Å². The molecule has 0 aliphatic rings. The Morgan fingerprint density at radius 2 is 1.76 bits per heavy atom. The minimum Gasteiger partial charge on any atom is -0.462 e. The second-order valence-corrected chi connectivity index (χ2v) is 7.91. The van der Waals surface area contributed by atoms with E-state index in [4.69, 9.17) is 4.74 Å². The van der Waals surface area contributed by atoms with Crippen LogP contribution in [0.4, 0.5) is 0 Å². The first-order chi connectivity index (χ1) is 10.2. The lowest BCUT2D eigenvalue weighted by atomic mass is 10.1. The largest absolute Gasteiger partial charge is 0.462 e. The molecule has 4 heteroatoms. The molecule has 0 aliphatic heterocycles. The summed E-state index contributed by atoms with van der Waals surface area (Å²) < 4.78 is 6.43. The molecule has 120 valence electrons. The quantitative estimate of drug-likeness (QED) is 0.332. The molecule has 2 nitrogen and oxygen atoms in total. The van der Waals surface area contributed by atoms with Crippen molar-refractivity contribution in [1.82, 2.24) is 0 Å². The highest BCUT2D eigenvalue weighted by Gasteiger charge is 2.16. The maximum Gasteiger partial charge on any atom is 0.339 e. The number of rotatable bonds is 11. The van der Waals surface area contributed by atoms with Crippen molar-refractivity contribution in [2.75, 3.05) is 6.61 Å². The van der Waals surface area contributed by atoms with Gasteiger partial charge >= 0.3 is 5.97 Å². The monoisotopic (exact) mass is 374 g/mol. The number of unbranched alkanes of at least 4 members (excludes halogenated alkanes) is 6. The Bertz CT molecular complexity index is 415. The van der Waals surface area contributed by atoms with Crippen molar-refractivity contribution < 1.29 is 9.53 Å². The summed E-state index contributed by atoms with van der Waals surface area (Å²) in [6.07, 6.45) is 10.5. The molecule has 0 atom stereocenters. The highest BCUT2D eigenvalue weighted by atomic mass is 79.9. The van der Waals surface area contributed by atoms with E-state index in [-0.39, 0.29) is 5.97 Å². The number of aryl methyl sites for hydroxylation is 1. The van der Waals surface area contributed by atoms with Gasteiger partial charge in [-0.25, -0.2) is 4.79 Å². The molecule has 0 spiro atoms. The Hall–Kier alpha value is -0.350. The minimum absolute atomic E-state index is 0.156. The number of thiophene rings is 1. The zero-order valence-corrected chi connectivity index (χ0v) is 15.7. The Morgan fingerprint density at radius 1 is 1.10 bits per heavy atom. The van der Waals surface area contributed by atoms with Crippen LogP contribution in [0.1, 0.15) is 80.4 Å². The third-order valence-electron chi connectivity index (χ3n) is 3.49. The van der Waals surface area contributed by atoms with Crippen LogP contribution in [0.3, 0.4) is 0 Å². The number of hydrogen-bond donors (Lipinski definition) is 0. The predicted molar refractivity (Wildman–Crippen MR) is 94.3 cm³/mol. The van der Waals surface area contributed by atoms with Crippen LogP contribution in [0, 0.1) is 0 Å². The van der Waals surface area contributed by atoms with Crippen molar-refractivity contribution in [3.8, 4) is 0 Å². The molecule has 1 heterocycles. The van der Waals surface area contributed by atoms with Crippen molar-refractivity contribution in [2.45, 2.75) is 71.6 Å². The van der Waals surface area contributed by atoms with Gasteiger partial charge in [-0.15, -0.1) is 11.3 Å². The molecule has 0 saturated carbocycles. The first-order valence-electron chi connectivity index (χ1n) is 8.14. The fourth-order valence-corrected chi connectivity index (χ4v) is 3.94. The first-order valence-corrected chi connectivity index (χ1v) is 9.75. The standard InChI is InChI=1S/C17H27BrO2S/c1-3-5-7-8-9-10-12-20-17(19)14-13-16(18)21-15(14)11-6-4-2/h13H,3-12H2,1-2H3. The molecule has 0 aromatic carbocycles. The molecule has 0 amide bonds. The fourth-order valence-electron chi connectivity index (χ4n) is 2.22. The maximum absolute atomic E-state index is 12.1. The van der Waals surface area contributed by atoms with E-state index >= 15 is 0 Å². The zero-order valence-electron chi connectivity index (χ0n) is 13.3. The van der Waals surface area contributed by atoms with Gasteiger partial charge in [0.2, 0.25) is 0 Å². The maximum atomic E-state index is 12.1. The van der Waals surface area contributed by atoms with Gasteiger partial charge in [0.15, 0.2) is 0 Å². The number of carbonyl (C=O) groups is 1. The van der Waals surface area contributed by atoms with Gasteiger partial charge in [0.1, 0.15) is 0 Å². The smallest absolute Gasteiger partial charge is 0.339 e. The van der Waals surface area contributed by atoms with Gasteiger partial charge in [0.05, 0.1) is 16.0 Å². The van der Waals surface area contributed by atoms with Gasteiger partial charge in [-0.2, -0.15) is 0 Å². The summed E-state index contributed by atoms with van der Waals surface area (Å²) >= 11 is 5.12. The van der Waals surface area contributed by atoms with Crippen molar-refractivity contribution in [3.63, 3.8) is 0 Å². The summed E-state index contributed by atoms with van der Waals surface area (Å²) in [5.74, 6) is -0.156. The molecule has 0 fully saturated rings. The van der Waals surface area contributed by atoms with Crippen LogP contribution in [0.5, 0.6) is 0 Å². The van der Waals surface area contributed by atoms with Crippen LogP contribution in [-0.2, 0) is 11.2 Å². The topological polar surface area (TPSA) is 26.3 Å². The molecule has 0 radical (unpaired) electrons. The third-order valence-corrected chi connectivity index (χ3v) is 5.19. The summed E-state index contributed by atoms with van der Waals surface area (Å²) in [4.78, 5) is 13.3. The normalized spacial score (nSPS) is 10.8. The fraction of sp³-hybridized carbons (Fsp3) is 0.706. The van der Waals surface area contributed by atoms with E-state index in [0.29, 0.717) is 6.61 Å². The molecular formula is C17H27BrO2S. The molecule has 1 aromatic heterocycles. The van der Waals surface area contributed by atoms with Crippen molar-refractivity contribution in [3.05, 3.63) is 20.3 Å². The van der Waals surface area contributed by atoms with Crippen LogP contribution in [0.15, 0.2) is 9.85 Å². The van der Waals surface area contributed by atoms with Crippen molar-refractivity contribution >= 4 is 33.2 Å². The number of halogens is 1. The second-order valence-electron chi connectivity index (χ2n) is 5.39. The number of ether oxygens (including phenoxy) is 1. The van der Waals surface area contributed by atoms with Crippen molar-refractivity contribution in [2.24, 2.45) is 0 Å². The number of esters is 1. The molecule has 0 saturated heterocycles. The number of carbonyl (C=O) groups excluding carboxylic acids is 1. The molecule has 0 bridgehead atoms. The molecule has 1 aromatic rings. The zero-order chi connectivity index (χ0) is 15.5. The lowest BCUT2D eigenvalue weighted by molar-refractivity contribution is 0.0497. The SMILES string of the molecule is CCCCCCCCOC(=O)c1cc(Br)sc1CCCC. The summed E-state index contributed by atoms with van der Waals surface area (Å²) in [5.41, 5.74) is 0.756. The first kappa shape index (κ1) is 18.7. The van der Waals surface area contributed by atoms with Gasteiger partial charge in [0.25, 0.3) is 0 Å². The van der Waals surface area contributed by atoms with E-state index in [1.54, 1.807) is 11.3 Å².